The second-order valence-corrected chi connectivity index (χ2v) is 6.18. The van der Waals surface area contributed by atoms with Gasteiger partial charge in [0.15, 0.2) is 10.8 Å². The van der Waals surface area contributed by atoms with E-state index in [2.05, 4.69) is 10.1 Å². The third-order valence-electron chi connectivity index (χ3n) is 2.33. The highest BCUT2D eigenvalue weighted by atomic mass is 35.5. The maximum absolute atomic E-state index is 11.5. The van der Waals surface area contributed by atoms with E-state index in [9.17, 15) is 9.59 Å². The first-order valence-corrected chi connectivity index (χ1v) is 7.56. The lowest BCUT2D eigenvalue weighted by Crippen LogP contribution is -2.16. The van der Waals surface area contributed by atoms with Gasteiger partial charge in [0.25, 0.3) is 0 Å². The van der Waals surface area contributed by atoms with Gasteiger partial charge in [0.1, 0.15) is 0 Å². The Hall–Kier alpha value is -1.21. The molecule has 0 N–H and O–H groups in total. The summed E-state index contributed by atoms with van der Waals surface area (Å²) >= 11 is 19.0. The van der Waals surface area contributed by atoms with Gasteiger partial charge in [-0.1, -0.05) is 46.1 Å². The average Bonchev–Trinajstić information content (AvgIpc) is 2.77. The molecule has 1 aromatic carbocycles. The summed E-state index contributed by atoms with van der Waals surface area (Å²) in [5, 5.41) is 5.16. The molecule has 0 aliphatic heterocycles. The van der Waals surface area contributed by atoms with Crippen LogP contribution in [0.4, 0.5) is 0 Å². The predicted molar refractivity (Wildman–Crippen MR) is 82.7 cm³/mol. The van der Waals surface area contributed by atoms with Crippen molar-refractivity contribution >= 4 is 57.8 Å². The maximum Gasteiger partial charge on any atom is 0.245 e. The van der Waals surface area contributed by atoms with Crippen LogP contribution in [0.2, 0.25) is 15.1 Å². The number of amides is 1. The monoisotopic (exact) mass is 363 g/mol. The zero-order chi connectivity index (χ0) is 15.7. The van der Waals surface area contributed by atoms with Crippen molar-refractivity contribution in [2.45, 2.75) is 13.8 Å². The standard InChI is InChI=1S/C12H8Cl3N3O2S/c1-5(19)11-17-18(12(21-11)16-6(2)20)10-4-8(14)7(13)3-9(10)15/h3-4H,1-2H3. The Kier molecular flexibility index (Phi) is 4.83. The molecule has 1 amide bonds. The Morgan fingerprint density at radius 2 is 1.76 bits per heavy atom. The highest BCUT2D eigenvalue weighted by molar-refractivity contribution is 7.11. The quantitative estimate of drug-likeness (QED) is 0.605. The lowest BCUT2D eigenvalue weighted by molar-refractivity contribution is -0.116. The van der Waals surface area contributed by atoms with Crippen LogP contribution in [-0.2, 0) is 4.79 Å². The Labute approximate surface area is 138 Å². The molecule has 0 saturated carbocycles. The number of nitrogens with zero attached hydrogens (tertiary/aromatic N) is 3. The molecule has 0 aliphatic rings. The summed E-state index contributed by atoms with van der Waals surface area (Å²) < 4.78 is 1.30. The van der Waals surface area contributed by atoms with Gasteiger partial charge in [-0.25, -0.2) is 4.68 Å². The van der Waals surface area contributed by atoms with Gasteiger partial charge in [0.2, 0.25) is 10.7 Å². The number of Topliss-reactive ketones (excluding diaryl/α,β-unsaturated/α-hetero) is 1. The van der Waals surface area contributed by atoms with Gasteiger partial charge in [0.05, 0.1) is 20.8 Å². The number of ketones is 1. The molecular formula is C12H8Cl3N3O2S. The fourth-order valence-corrected chi connectivity index (χ4v) is 2.92. The Bertz CT molecular complexity index is 811. The summed E-state index contributed by atoms with van der Waals surface area (Å²) in [4.78, 5) is 26.7. The van der Waals surface area contributed by atoms with Gasteiger partial charge < -0.3 is 0 Å². The summed E-state index contributed by atoms with van der Waals surface area (Å²) in [6, 6.07) is 2.95. The maximum atomic E-state index is 11.5. The van der Waals surface area contributed by atoms with E-state index in [1.807, 2.05) is 0 Å². The molecule has 1 aromatic heterocycles. The lowest BCUT2D eigenvalue weighted by atomic mass is 10.3. The van der Waals surface area contributed by atoms with Crippen LogP contribution in [0.15, 0.2) is 17.1 Å². The first-order chi connectivity index (χ1) is 9.79. The predicted octanol–water partition coefficient (Wildman–Crippen LogP) is 3.54. The van der Waals surface area contributed by atoms with Crippen molar-refractivity contribution in [1.29, 1.82) is 0 Å². The number of halogens is 3. The Morgan fingerprint density at radius 1 is 1.14 bits per heavy atom. The molecule has 0 spiro atoms. The van der Waals surface area contributed by atoms with E-state index in [-0.39, 0.29) is 30.7 Å². The molecule has 0 unspecified atom stereocenters. The van der Waals surface area contributed by atoms with Crippen molar-refractivity contribution < 1.29 is 9.59 Å². The molecule has 0 radical (unpaired) electrons. The van der Waals surface area contributed by atoms with Crippen molar-refractivity contribution in [3.8, 4) is 5.69 Å². The molecule has 2 rings (SSSR count). The number of aromatic nitrogens is 2. The molecule has 2 aromatic rings. The first-order valence-electron chi connectivity index (χ1n) is 5.61. The lowest BCUT2D eigenvalue weighted by Gasteiger charge is -2.06. The van der Waals surface area contributed by atoms with Crippen molar-refractivity contribution in [1.82, 2.24) is 9.78 Å². The summed E-state index contributed by atoms with van der Waals surface area (Å²) in [7, 11) is 0. The van der Waals surface area contributed by atoms with Gasteiger partial charge in [-0.05, 0) is 12.1 Å². The smallest absolute Gasteiger partial charge is 0.245 e. The largest absolute Gasteiger partial charge is 0.292 e. The zero-order valence-electron chi connectivity index (χ0n) is 10.9. The third-order valence-corrected chi connectivity index (χ3v) is 4.37. The first kappa shape index (κ1) is 16.2. The fourth-order valence-electron chi connectivity index (χ4n) is 1.46. The molecule has 1 heterocycles. The SMILES string of the molecule is CC(=O)N=c1sc(C(C)=O)nn1-c1cc(Cl)c(Cl)cc1Cl. The number of carbonyl (C=O) groups excluding carboxylic acids is 2. The molecule has 9 heteroatoms. The highest BCUT2D eigenvalue weighted by Crippen LogP contribution is 2.30. The van der Waals surface area contributed by atoms with Crippen LogP contribution >= 0.6 is 46.1 Å². The van der Waals surface area contributed by atoms with Gasteiger partial charge in [-0.15, -0.1) is 0 Å². The fraction of sp³-hybridized carbons (Fsp3) is 0.167. The Morgan fingerprint density at radius 3 is 2.33 bits per heavy atom. The van der Waals surface area contributed by atoms with Crippen LogP contribution in [0, 0.1) is 0 Å². The van der Waals surface area contributed by atoms with E-state index >= 15 is 0 Å². The van der Waals surface area contributed by atoms with E-state index in [4.69, 9.17) is 34.8 Å². The van der Waals surface area contributed by atoms with E-state index < -0.39 is 5.91 Å². The van der Waals surface area contributed by atoms with Crippen LogP contribution in [0.1, 0.15) is 23.6 Å². The second kappa shape index (κ2) is 6.27. The number of hydrogen-bond acceptors (Lipinski definition) is 4. The van der Waals surface area contributed by atoms with Crippen molar-refractivity contribution in [3.63, 3.8) is 0 Å². The number of rotatable bonds is 2. The van der Waals surface area contributed by atoms with Crippen molar-refractivity contribution in [2.24, 2.45) is 4.99 Å². The molecular weight excluding hydrogens is 357 g/mol. The molecule has 5 nitrogen and oxygen atoms in total. The molecule has 110 valence electrons. The summed E-state index contributed by atoms with van der Waals surface area (Å²) in [6.07, 6.45) is 0. The molecule has 21 heavy (non-hydrogen) atoms. The third kappa shape index (κ3) is 3.52. The number of hydrogen-bond donors (Lipinski definition) is 0. The minimum atomic E-state index is -0.418. The van der Waals surface area contributed by atoms with Crippen LogP contribution in [0.3, 0.4) is 0 Å². The van der Waals surface area contributed by atoms with Gasteiger partial charge in [-0.2, -0.15) is 10.1 Å². The van der Waals surface area contributed by atoms with Gasteiger partial charge >= 0.3 is 0 Å². The summed E-state index contributed by atoms with van der Waals surface area (Å²) in [5.41, 5.74) is 0.384. The minimum Gasteiger partial charge on any atom is -0.292 e. The molecule has 0 aliphatic carbocycles. The van der Waals surface area contributed by atoms with Crippen LogP contribution < -0.4 is 4.80 Å². The highest BCUT2D eigenvalue weighted by Gasteiger charge is 2.15. The normalized spacial score (nSPS) is 11.8. The summed E-state index contributed by atoms with van der Waals surface area (Å²) in [6.45, 7) is 2.67. The zero-order valence-corrected chi connectivity index (χ0v) is 13.9. The van der Waals surface area contributed by atoms with Crippen LogP contribution in [-0.4, -0.2) is 21.5 Å². The number of benzene rings is 1. The van der Waals surface area contributed by atoms with Crippen molar-refractivity contribution in [3.05, 3.63) is 37.0 Å². The van der Waals surface area contributed by atoms with Crippen LogP contribution in [0.5, 0.6) is 0 Å². The average molecular weight is 365 g/mol. The summed E-state index contributed by atoms with van der Waals surface area (Å²) in [5.74, 6) is -0.659. The Balaban J connectivity index is 2.77. The number of carbonyl (C=O) groups is 2. The molecule has 0 atom stereocenters. The molecule has 0 bridgehead atoms. The second-order valence-electron chi connectivity index (χ2n) is 4.01. The minimum absolute atomic E-state index is 0.206. The van der Waals surface area contributed by atoms with E-state index in [0.29, 0.717) is 5.69 Å². The van der Waals surface area contributed by atoms with E-state index in [0.717, 1.165) is 11.3 Å². The molecule has 0 fully saturated rings. The molecule has 0 saturated heterocycles. The van der Waals surface area contributed by atoms with Gasteiger partial charge in [0, 0.05) is 13.8 Å². The topological polar surface area (TPSA) is 64.3 Å². The van der Waals surface area contributed by atoms with E-state index in [1.165, 1.54) is 30.7 Å². The van der Waals surface area contributed by atoms with Crippen molar-refractivity contribution in [2.75, 3.05) is 0 Å². The van der Waals surface area contributed by atoms with Crippen LogP contribution in [0.25, 0.3) is 5.69 Å². The van der Waals surface area contributed by atoms with E-state index in [1.54, 1.807) is 0 Å². The van der Waals surface area contributed by atoms with Gasteiger partial charge in [-0.3, -0.25) is 9.59 Å².